The van der Waals surface area contributed by atoms with Crippen LogP contribution in [0.4, 0.5) is 13.2 Å². The Bertz CT molecular complexity index is 836. The second kappa shape index (κ2) is 7.65. The number of nitriles is 1. The van der Waals surface area contributed by atoms with E-state index in [9.17, 15) is 23.2 Å². The number of amides is 1. The third-order valence-electron chi connectivity index (χ3n) is 4.78. The zero-order valence-electron chi connectivity index (χ0n) is 14.4. The van der Waals surface area contributed by atoms with Crippen molar-refractivity contribution in [3.63, 3.8) is 0 Å². The minimum atomic E-state index is -4.35. The third-order valence-corrected chi connectivity index (χ3v) is 5.52. The van der Waals surface area contributed by atoms with Gasteiger partial charge in [0.25, 0.3) is 5.91 Å². The van der Waals surface area contributed by atoms with Gasteiger partial charge in [-0.25, -0.2) is 0 Å². The highest BCUT2D eigenvalue weighted by Gasteiger charge is 2.37. The molecule has 0 saturated carbocycles. The summed E-state index contributed by atoms with van der Waals surface area (Å²) in [7, 11) is 0. The smallest absolute Gasteiger partial charge is 0.339 e. The first-order valence-electron chi connectivity index (χ1n) is 8.45. The number of alkyl halides is 3. The number of hydrogen-bond donors (Lipinski definition) is 0. The molecule has 2 aromatic carbocycles. The fraction of sp³-hybridized carbons (Fsp3) is 0.300. The highest BCUT2D eigenvalue weighted by Crippen LogP contribution is 2.37. The molecule has 1 saturated heterocycles. The molecule has 3 nitrogen and oxygen atoms in total. The summed E-state index contributed by atoms with van der Waals surface area (Å²) in [4.78, 5) is 14.3. The number of thioether (sulfide) groups is 1. The first-order valence-corrected chi connectivity index (χ1v) is 9.26. The predicted octanol–water partition coefficient (Wildman–Crippen LogP) is 5.00. The molecule has 1 fully saturated rings. The molecule has 7 heteroatoms. The molecule has 1 aliphatic rings. The summed E-state index contributed by atoms with van der Waals surface area (Å²) >= 11 is -0.204. The highest BCUT2D eigenvalue weighted by molar-refractivity contribution is 8.00. The average Bonchev–Trinajstić information content (AvgIpc) is 2.67. The molecule has 0 radical (unpaired) electrons. The van der Waals surface area contributed by atoms with Gasteiger partial charge in [-0.2, -0.15) is 18.4 Å². The Morgan fingerprint density at radius 1 is 1.04 bits per heavy atom. The van der Waals surface area contributed by atoms with Crippen molar-refractivity contribution >= 4 is 17.7 Å². The maximum atomic E-state index is 12.6. The van der Waals surface area contributed by atoms with Gasteiger partial charge in [-0.1, -0.05) is 30.3 Å². The van der Waals surface area contributed by atoms with Crippen LogP contribution >= 0.6 is 11.8 Å². The van der Waals surface area contributed by atoms with E-state index in [1.54, 1.807) is 4.90 Å². The molecule has 1 aliphatic heterocycles. The fourth-order valence-corrected chi connectivity index (χ4v) is 3.83. The van der Waals surface area contributed by atoms with Crippen molar-refractivity contribution in [1.29, 1.82) is 5.26 Å². The van der Waals surface area contributed by atoms with E-state index in [1.807, 2.05) is 30.3 Å². The van der Waals surface area contributed by atoms with E-state index in [-0.39, 0.29) is 22.6 Å². The van der Waals surface area contributed by atoms with Gasteiger partial charge in [-0.15, -0.1) is 0 Å². The van der Waals surface area contributed by atoms with Gasteiger partial charge in [-0.3, -0.25) is 4.79 Å². The summed E-state index contributed by atoms with van der Waals surface area (Å²) in [6.07, 6.45) is 1.06. The third kappa shape index (κ3) is 4.45. The molecule has 1 heterocycles. The molecule has 0 N–H and O–H groups in total. The first-order chi connectivity index (χ1) is 12.8. The molecule has 0 aliphatic carbocycles. The maximum Gasteiger partial charge on any atom is 0.446 e. The molecule has 0 spiro atoms. The Morgan fingerprint density at radius 2 is 1.63 bits per heavy atom. The van der Waals surface area contributed by atoms with Crippen LogP contribution in [0, 0.1) is 11.3 Å². The Kier molecular flexibility index (Phi) is 5.47. The molecule has 0 bridgehead atoms. The van der Waals surface area contributed by atoms with Gasteiger partial charge in [0.2, 0.25) is 0 Å². The molecule has 27 heavy (non-hydrogen) atoms. The summed E-state index contributed by atoms with van der Waals surface area (Å²) in [5, 5.41) is 9.71. The average molecular weight is 390 g/mol. The molecule has 1 amide bonds. The van der Waals surface area contributed by atoms with Crippen LogP contribution in [0.25, 0.3) is 0 Å². The minimum Gasteiger partial charge on any atom is -0.339 e. The molecule has 2 aromatic rings. The minimum absolute atomic E-state index is 0.0465. The standard InChI is InChI=1S/C20H17F3N2OS/c21-20(22,23)27-17-8-6-15(7-9-17)18(26)25-12-10-19(14-24,11-13-25)16-4-2-1-3-5-16/h1-9H,10-13H2. The Balaban J connectivity index is 1.67. The summed E-state index contributed by atoms with van der Waals surface area (Å²) in [5.74, 6) is -0.224. The van der Waals surface area contributed by atoms with Crippen LogP contribution in [-0.2, 0) is 5.41 Å². The van der Waals surface area contributed by atoms with Crippen LogP contribution in [0.5, 0.6) is 0 Å². The quantitative estimate of drug-likeness (QED) is 0.693. The van der Waals surface area contributed by atoms with E-state index >= 15 is 0 Å². The lowest BCUT2D eigenvalue weighted by Crippen LogP contribution is -2.44. The van der Waals surface area contributed by atoms with Gasteiger partial charge >= 0.3 is 5.51 Å². The van der Waals surface area contributed by atoms with E-state index in [1.165, 1.54) is 24.3 Å². The largest absolute Gasteiger partial charge is 0.446 e. The van der Waals surface area contributed by atoms with Crippen molar-refractivity contribution in [2.24, 2.45) is 0 Å². The molecule has 3 rings (SSSR count). The van der Waals surface area contributed by atoms with Crippen molar-refractivity contribution < 1.29 is 18.0 Å². The van der Waals surface area contributed by atoms with Gasteiger partial charge in [-0.05, 0) is 54.4 Å². The lowest BCUT2D eigenvalue weighted by Gasteiger charge is -2.37. The maximum absolute atomic E-state index is 12.6. The van der Waals surface area contributed by atoms with Crippen LogP contribution in [-0.4, -0.2) is 29.4 Å². The highest BCUT2D eigenvalue weighted by atomic mass is 32.2. The van der Waals surface area contributed by atoms with Crippen molar-refractivity contribution in [2.75, 3.05) is 13.1 Å². The van der Waals surface area contributed by atoms with E-state index < -0.39 is 10.9 Å². The summed E-state index contributed by atoms with van der Waals surface area (Å²) in [6.45, 7) is 0.862. The van der Waals surface area contributed by atoms with Crippen LogP contribution in [0.3, 0.4) is 0 Å². The number of likely N-dealkylation sites (tertiary alicyclic amines) is 1. The van der Waals surface area contributed by atoms with E-state index in [0.29, 0.717) is 31.5 Å². The molecule has 140 valence electrons. The molecular formula is C20H17F3N2OS. The van der Waals surface area contributed by atoms with E-state index in [0.717, 1.165) is 5.56 Å². The summed E-state index contributed by atoms with van der Waals surface area (Å²) in [6, 6.07) is 17.4. The van der Waals surface area contributed by atoms with Crippen LogP contribution in [0.2, 0.25) is 0 Å². The Hall–Kier alpha value is -2.46. The molecule has 0 aromatic heterocycles. The number of piperidine rings is 1. The number of benzene rings is 2. The van der Waals surface area contributed by atoms with Gasteiger partial charge in [0.15, 0.2) is 0 Å². The van der Waals surface area contributed by atoms with Gasteiger partial charge in [0.1, 0.15) is 0 Å². The monoisotopic (exact) mass is 390 g/mol. The van der Waals surface area contributed by atoms with Crippen molar-refractivity contribution in [3.8, 4) is 6.07 Å². The van der Waals surface area contributed by atoms with Gasteiger partial charge in [0.05, 0.1) is 11.5 Å². The lowest BCUT2D eigenvalue weighted by molar-refractivity contribution is -0.0328. The van der Waals surface area contributed by atoms with Crippen molar-refractivity contribution in [2.45, 2.75) is 28.7 Å². The van der Waals surface area contributed by atoms with Gasteiger partial charge in [0, 0.05) is 23.5 Å². The van der Waals surface area contributed by atoms with Crippen LogP contribution in [0.15, 0.2) is 59.5 Å². The lowest BCUT2D eigenvalue weighted by atomic mass is 9.74. The summed E-state index contributed by atoms with van der Waals surface area (Å²) in [5.41, 5.74) is -3.65. The van der Waals surface area contributed by atoms with Crippen molar-refractivity contribution in [1.82, 2.24) is 4.90 Å². The SMILES string of the molecule is N#CC1(c2ccccc2)CCN(C(=O)c2ccc(SC(F)(F)F)cc2)CC1. The zero-order chi connectivity index (χ0) is 19.5. The molecule has 0 unspecified atom stereocenters. The van der Waals surface area contributed by atoms with Crippen LogP contribution < -0.4 is 0 Å². The first kappa shape index (κ1) is 19.3. The zero-order valence-corrected chi connectivity index (χ0v) is 15.2. The normalized spacial score (nSPS) is 16.6. The predicted molar refractivity (Wildman–Crippen MR) is 97.2 cm³/mol. The number of hydrogen-bond acceptors (Lipinski definition) is 3. The van der Waals surface area contributed by atoms with Crippen LogP contribution in [0.1, 0.15) is 28.8 Å². The second-order valence-electron chi connectivity index (χ2n) is 6.42. The number of halogens is 3. The Morgan fingerprint density at radius 3 is 2.15 bits per heavy atom. The second-order valence-corrected chi connectivity index (χ2v) is 7.56. The van der Waals surface area contributed by atoms with E-state index in [4.69, 9.17) is 0 Å². The number of carbonyl (C=O) groups excluding carboxylic acids is 1. The van der Waals surface area contributed by atoms with Crippen molar-refractivity contribution in [3.05, 3.63) is 65.7 Å². The molecular weight excluding hydrogens is 373 g/mol. The van der Waals surface area contributed by atoms with Gasteiger partial charge < -0.3 is 4.90 Å². The topological polar surface area (TPSA) is 44.1 Å². The Labute approximate surface area is 159 Å². The summed E-state index contributed by atoms with van der Waals surface area (Å²) < 4.78 is 37.2. The number of rotatable bonds is 3. The number of nitrogens with zero attached hydrogens (tertiary/aromatic N) is 2. The molecule has 0 atom stereocenters. The fourth-order valence-electron chi connectivity index (χ4n) is 3.30. The van der Waals surface area contributed by atoms with E-state index in [2.05, 4.69) is 6.07 Å². The number of carbonyl (C=O) groups is 1.